The molecule has 2 N–H and O–H groups in total. The molecule has 6 heteroatoms. The van der Waals surface area contributed by atoms with E-state index in [1.165, 1.54) is 4.31 Å². The monoisotopic (exact) mass is 300 g/mol. The molecule has 0 radical (unpaired) electrons. The molecule has 114 valence electrons. The highest BCUT2D eigenvalue weighted by Gasteiger charge is 2.20. The van der Waals surface area contributed by atoms with Gasteiger partial charge in [-0.2, -0.15) is 0 Å². The highest BCUT2D eigenvalue weighted by atomic mass is 32.2. The van der Waals surface area contributed by atoms with Gasteiger partial charge in [-0.3, -0.25) is 0 Å². The third-order valence-electron chi connectivity index (χ3n) is 2.81. The molecule has 1 rings (SSSR count). The highest BCUT2D eigenvalue weighted by Crippen LogP contribution is 2.14. The maximum absolute atomic E-state index is 12.2. The topological polar surface area (TPSA) is 72.6 Å². The summed E-state index contributed by atoms with van der Waals surface area (Å²) in [6.07, 6.45) is 1.63. The van der Waals surface area contributed by atoms with Crippen molar-refractivity contribution in [3.8, 4) is 5.75 Å². The second kappa shape index (κ2) is 8.11. The predicted octanol–water partition coefficient (Wildman–Crippen LogP) is 2.10. The summed E-state index contributed by atoms with van der Waals surface area (Å²) in [6, 6.07) is 6.98. The van der Waals surface area contributed by atoms with Crippen LogP contribution in [0.1, 0.15) is 26.7 Å². The first-order valence-corrected chi connectivity index (χ1v) is 8.56. The molecule has 0 spiro atoms. The quantitative estimate of drug-likeness (QED) is 0.709. The standard InChI is InChI=1S/C14H24N2O3S/c1-3-8-16(9-4-2)20(17,18)11-10-19-14-7-5-6-13(15)12-14/h5-7,12H,3-4,8-11,15H2,1-2H3. The second-order valence-electron chi connectivity index (χ2n) is 4.64. The fourth-order valence-electron chi connectivity index (χ4n) is 1.89. The first-order valence-electron chi connectivity index (χ1n) is 6.95. The first-order chi connectivity index (χ1) is 9.49. The van der Waals surface area contributed by atoms with Crippen molar-refractivity contribution in [2.75, 3.05) is 31.2 Å². The van der Waals surface area contributed by atoms with Crippen LogP contribution in [0.5, 0.6) is 5.75 Å². The summed E-state index contributed by atoms with van der Waals surface area (Å²) in [5.41, 5.74) is 6.24. The van der Waals surface area contributed by atoms with Gasteiger partial charge in [0.1, 0.15) is 12.4 Å². The molecule has 1 aromatic rings. The summed E-state index contributed by atoms with van der Waals surface area (Å²) in [6.45, 7) is 5.21. The van der Waals surface area contributed by atoms with Crippen LogP contribution in [-0.4, -0.2) is 38.2 Å². The SMILES string of the molecule is CCCN(CCC)S(=O)(=O)CCOc1cccc(N)c1. The Bertz CT molecular complexity index is 497. The summed E-state index contributed by atoms with van der Waals surface area (Å²) in [5.74, 6) is 0.583. The largest absolute Gasteiger partial charge is 0.492 e. The normalized spacial score (nSPS) is 11.8. The molecule has 0 fully saturated rings. The minimum atomic E-state index is -3.25. The third-order valence-corrected chi connectivity index (χ3v) is 4.64. The summed E-state index contributed by atoms with van der Waals surface area (Å²) < 4.78 is 31.4. The van der Waals surface area contributed by atoms with Gasteiger partial charge in [0.15, 0.2) is 0 Å². The maximum Gasteiger partial charge on any atom is 0.217 e. The number of sulfonamides is 1. The van der Waals surface area contributed by atoms with E-state index in [0.29, 0.717) is 24.5 Å². The van der Waals surface area contributed by atoms with Gasteiger partial charge in [0.2, 0.25) is 10.0 Å². The van der Waals surface area contributed by atoms with Crippen molar-refractivity contribution in [1.29, 1.82) is 0 Å². The van der Waals surface area contributed by atoms with Gasteiger partial charge in [-0.05, 0) is 25.0 Å². The molecule has 0 amide bonds. The molecule has 1 aromatic carbocycles. The summed E-state index contributed by atoms with van der Waals surface area (Å²) in [4.78, 5) is 0. The molecule has 0 bridgehead atoms. The molecule has 0 aliphatic heterocycles. The van der Waals surface area contributed by atoms with Crippen LogP contribution in [0.4, 0.5) is 5.69 Å². The average molecular weight is 300 g/mol. The van der Waals surface area contributed by atoms with Gasteiger partial charge in [-0.15, -0.1) is 0 Å². The fraction of sp³-hybridized carbons (Fsp3) is 0.571. The molecule has 0 heterocycles. The Morgan fingerprint density at radius 1 is 1.20 bits per heavy atom. The molecular formula is C14H24N2O3S. The summed E-state index contributed by atoms with van der Waals surface area (Å²) >= 11 is 0. The van der Waals surface area contributed by atoms with Gasteiger partial charge in [-0.25, -0.2) is 12.7 Å². The van der Waals surface area contributed by atoms with Crippen LogP contribution >= 0.6 is 0 Å². The van der Waals surface area contributed by atoms with Crippen molar-refractivity contribution >= 4 is 15.7 Å². The lowest BCUT2D eigenvalue weighted by molar-refractivity contribution is 0.333. The number of nitrogens with zero attached hydrogens (tertiary/aromatic N) is 1. The van der Waals surface area contributed by atoms with E-state index in [9.17, 15) is 8.42 Å². The van der Waals surface area contributed by atoms with E-state index in [2.05, 4.69) is 0 Å². The van der Waals surface area contributed by atoms with Crippen LogP contribution in [0.25, 0.3) is 0 Å². The Morgan fingerprint density at radius 3 is 2.40 bits per heavy atom. The molecule has 20 heavy (non-hydrogen) atoms. The average Bonchev–Trinajstić information content (AvgIpc) is 2.38. The Hall–Kier alpha value is -1.27. The zero-order valence-corrected chi connectivity index (χ0v) is 13.0. The lowest BCUT2D eigenvalue weighted by Crippen LogP contribution is -2.36. The van der Waals surface area contributed by atoms with Crippen molar-refractivity contribution in [2.24, 2.45) is 0 Å². The van der Waals surface area contributed by atoms with E-state index in [0.717, 1.165) is 12.8 Å². The Labute approximate surface area is 121 Å². The molecular weight excluding hydrogens is 276 g/mol. The van der Waals surface area contributed by atoms with E-state index in [-0.39, 0.29) is 12.4 Å². The minimum absolute atomic E-state index is 0.0121. The number of nitrogen functional groups attached to an aromatic ring is 1. The molecule has 0 aliphatic carbocycles. The zero-order chi connectivity index (χ0) is 15.0. The number of hydrogen-bond acceptors (Lipinski definition) is 4. The number of anilines is 1. The van der Waals surface area contributed by atoms with Crippen LogP contribution in [-0.2, 0) is 10.0 Å². The van der Waals surface area contributed by atoms with E-state index in [4.69, 9.17) is 10.5 Å². The van der Waals surface area contributed by atoms with Crippen LogP contribution in [0.3, 0.4) is 0 Å². The molecule has 0 saturated carbocycles. The minimum Gasteiger partial charge on any atom is -0.492 e. The number of hydrogen-bond donors (Lipinski definition) is 1. The van der Waals surface area contributed by atoms with Gasteiger partial charge >= 0.3 is 0 Å². The maximum atomic E-state index is 12.2. The van der Waals surface area contributed by atoms with Crippen LogP contribution in [0, 0.1) is 0 Å². The van der Waals surface area contributed by atoms with Crippen LogP contribution < -0.4 is 10.5 Å². The van der Waals surface area contributed by atoms with E-state index in [1.54, 1.807) is 24.3 Å². The molecule has 0 atom stereocenters. The Kier molecular flexibility index (Phi) is 6.81. The molecule has 0 saturated heterocycles. The predicted molar refractivity (Wildman–Crippen MR) is 82.3 cm³/mol. The summed E-state index contributed by atoms with van der Waals surface area (Å²) in [5, 5.41) is 0. The fourth-order valence-corrected chi connectivity index (χ4v) is 3.36. The molecule has 5 nitrogen and oxygen atoms in total. The lowest BCUT2D eigenvalue weighted by Gasteiger charge is -2.20. The molecule has 0 unspecified atom stereocenters. The number of rotatable bonds is 9. The van der Waals surface area contributed by atoms with Crippen LogP contribution in [0.15, 0.2) is 24.3 Å². The van der Waals surface area contributed by atoms with Gasteiger partial charge in [0, 0.05) is 24.8 Å². The van der Waals surface area contributed by atoms with Crippen LogP contribution in [0.2, 0.25) is 0 Å². The number of benzene rings is 1. The van der Waals surface area contributed by atoms with E-state index in [1.807, 2.05) is 13.8 Å². The van der Waals surface area contributed by atoms with Gasteiger partial charge < -0.3 is 10.5 Å². The van der Waals surface area contributed by atoms with Crippen molar-refractivity contribution in [3.63, 3.8) is 0 Å². The van der Waals surface area contributed by atoms with Gasteiger partial charge in [0.25, 0.3) is 0 Å². The number of nitrogens with two attached hydrogens (primary N) is 1. The van der Waals surface area contributed by atoms with E-state index < -0.39 is 10.0 Å². The molecule has 0 aromatic heterocycles. The third kappa shape index (κ3) is 5.38. The number of ether oxygens (including phenoxy) is 1. The Morgan fingerprint density at radius 2 is 1.85 bits per heavy atom. The highest BCUT2D eigenvalue weighted by molar-refractivity contribution is 7.89. The van der Waals surface area contributed by atoms with Gasteiger partial charge in [-0.1, -0.05) is 19.9 Å². The zero-order valence-electron chi connectivity index (χ0n) is 12.2. The van der Waals surface area contributed by atoms with Crippen molar-refractivity contribution in [1.82, 2.24) is 4.31 Å². The molecule has 0 aliphatic rings. The van der Waals surface area contributed by atoms with E-state index >= 15 is 0 Å². The van der Waals surface area contributed by atoms with Crippen molar-refractivity contribution in [2.45, 2.75) is 26.7 Å². The van der Waals surface area contributed by atoms with Gasteiger partial charge in [0.05, 0.1) is 5.75 Å². The Balaban J connectivity index is 2.53. The lowest BCUT2D eigenvalue weighted by atomic mass is 10.3. The first kappa shape index (κ1) is 16.8. The summed E-state index contributed by atoms with van der Waals surface area (Å²) in [7, 11) is -3.25. The van der Waals surface area contributed by atoms with Crippen molar-refractivity contribution < 1.29 is 13.2 Å². The smallest absolute Gasteiger partial charge is 0.217 e. The second-order valence-corrected chi connectivity index (χ2v) is 6.72. The van der Waals surface area contributed by atoms with Crippen molar-refractivity contribution in [3.05, 3.63) is 24.3 Å².